The molecule has 1 heterocycles. The van der Waals surface area contributed by atoms with Crippen LogP contribution in [0.5, 0.6) is 0 Å². The first-order valence-corrected chi connectivity index (χ1v) is 13.3. The van der Waals surface area contributed by atoms with Gasteiger partial charge in [0.05, 0.1) is 11.4 Å². The maximum absolute atomic E-state index is 13.8. The van der Waals surface area contributed by atoms with Crippen LogP contribution < -0.4 is 5.32 Å². The Morgan fingerprint density at radius 3 is 2.19 bits per heavy atom. The predicted molar refractivity (Wildman–Crippen MR) is 147 cm³/mol. The van der Waals surface area contributed by atoms with Crippen LogP contribution in [-0.4, -0.2) is 69.7 Å². The van der Waals surface area contributed by atoms with Gasteiger partial charge < -0.3 is 15.3 Å². The summed E-state index contributed by atoms with van der Waals surface area (Å²) >= 11 is 1.74. The number of thioether (sulfide) groups is 1. The number of nitrogens with one attached hydrogen (secondary N) is 1. The lowest BCUT2D eigenvalue weighted by Crippen LogP contribution is -2.60. The van der Waals surface area contributed by atoms with Crippen molar-refractivity contribution in [1.82, 2.24) is 15.1 Å². The number of nitrogens with zero attached hydrogens (tertiary/aromatic N) is 2. The number of carbonyl (C=O) groups is 3. The Morgan fingerprint density at radius 1 is 1.17 bits per heavy atom. The molecular weight excluding hydrogens is 474 g/mol. The van der Waals surface area contributed by atoms with Crippen LogP contribution in [0.2, 0.25) is 0 Å². The highest BCUT2D eigenvalue weighted by Crippen LogP contribution is 2.51. The molecule has 0 bridgehead atoms. The van der Waals surface area contributed by atoms with Gasteiger partial charge in [-0.15, -0.1) is 11.8 Å². The van der Waals surface area contributed by atoms with E-state index in [1.54, 1.807) is 29.8 Å². The average Bonchev–Trinajstić information content (AvgIpc) is 3.02. The van der Waals surface area contributed by atoms with Crippen LogP contribution in [0.3, 0.4) is 0 Å². The minimum absolute atomic E-state index is 0.00695. The minimum Gasteiger partial charge on any atom is -0.478 e. The van der Waals surface area contributed by atoms with Gasteiger partial charge in [-0.3, -0.25) is 14.5 Å². The first kappa shape index (κ1) is 29.9. The fourth-order valence-corrected chi connectivity index (χ4v) is 6.34. The second kappa shape index (κ2) is 11.4. The van der Waals surface area contributed by atoms with Crippen molar-refractivity contribution in [3.05, 3.63) is 47.5 Å². The van der Waals surface area contributed by atoms with Crippen molar-refractivity contribution in [3.63, 3.8) is 0 Å². The van der Waals surface area contributed by atoms with E-state index in [1.165, 1.54) is 6.92 Å². The van der Waals surface area contributed by atoms with Gasteiger partial charge in [0.25, 0.3) is 0 Å². The van der Waals surface area contributed by atoms with Gasteiger partial charge in [0.15, 0.2) is 0 Å². The highest BCUT2D eigenvalue weighted by Gasteiger charge is 2.51. The molecule has 0 saturated carbocycles. The Bertz CT molecular complexity index is 984. The van der Waals surface area contributed by atoms with Crippen molar-refractivity contribution >= 4 is 29.5 Å². The number of benzene rings is 1. The summed E-state index contributed by atoms with van der Waals surface area (Å²) in [6.07, 6.45) is 1.61. The fourth-order valence-electron chi connectivity index (χ4n) is 4.78. The highest BCUT2D eigenvalue weighted by atomic mass is 32.2. The number of aliphatic carboxylic acids is 1. The second-order valence-corrected chi connectivity index (χ2v) is 13.4. The van der Waals surface area contributed by atoms with E-state index in [2.05, 4.69) is 36.2 Å². The molecule has 200 valence electrons. The number of hydrogen-bond acceptors (Lipinski definition) is 5. The molecule has 4 atom stereocenters. The monoisotopic (exact) mass is 517 g/mol. The third kappa shape index (κ3) is 6.71. The molecular formula is C28H43N3O4S. The molecule has 1 aromatic rings. The third-order valence-corrected chi connectivity index (χ3v) is 8.48. The summed E-state index contributed by atoms with van der Waals surface area (Å²) in [7, 11) is 3.63. The molecule has 0 aromatic heterocycles. The summed E-state index contributed by atoms with van der Waals surface area (Å²) in [4.78, 5) is 42.6. The molecule has 1 aliphatic heterocycles. The largest absolute Gasteiger partial charge is 0.478 e. The number of carboxylic acids is 1. The zero-order valence-electron chi connectivity index (χ0n) is 23.3. The van der Waals surface area contributed by atoms with Crippen molar-refractivity contribution in [2.45, 2.75) is 83.6 Å². The van der Waals surface area contributed by atoms with Crippen molar-refractivity contribution in [1.29, 1.82) is 0 Å². The number of carbonyl (C=O) groups excluding carboxylic acids is 2. The number of amides is 2. The summed E-state index contributed by atoms with van der Waals surface area (Å²) in [6.45, 7) is 15.3. The molecule has 0 aliphatic carbocycles. The van der Waals surface area contributed by atoms with Crippen molar-refractivity contribution in [2.24, 2.45) is 11.3 Å². The van der Waals surface area contributed by atoms with Crippen LogP contribution in [0, 0.1) is 11.3 Å². The van der Waals surface area contributed by atoms with Gasteiger partial charge in [-0.05, 0) is 44.7 Å². The Labute approximate surface area is 220 Å². The lowest BCUT2D eigenvalue weighted by Gasteiger charge is -2.39. The summed E-state index contributed by atoms with van der Waals surface area (Å²) in [5, 5.41) is 12.5. The van der Waals surface area contributed by atoms with Gasteiger partial charge in [-0.2, -0.15) is 0 Å². The molecule has 7 nitrogen and oxygen atoms in total. The maximum atomic E-state index is 13.8. The number of likely N-dealkylation sites (N-methyl/N-ethyl adjacent to an activating group) is 2. The quantitative estimate of drug-likeness (QED) is 0.492. The maximum Gasteiger partial charge on any atom is 0.331 e. The third-order valence-electron chi connectivity index (χ3n) is 6.82. The van der Waals surface area contributed by atoms with Crippen molar-refractivity contribution in [3.8, 4) is 0 Å². The van der Waals surface area contributed by atoms with Gasteiger partial charge in [0.1, 0.15) is 12.1 Å². The van der Waals surface area contributed by atoms with Crippen LogP contribution in [0.1, 0.15) is 66.3 Å². The van der Waals surface area contributed by atoms with Gasteiger partial charge >= 0.3 is 5.97 Å². The molecule has 1 unspecified atom stereocenters. The highest BCUT2D eigenvalue weighted by molar-refractivity contribution is 8.01. The summed E-state index contributed by atoms with van der Waals surface area (Å²) in [5.74, 6) is -1.45. The summed E-state index contributed by atoms with van der Waals surface area (Å²) in [5.41, 5.74) is 0.765. The number of rotatable bonds is 8. The normalized spacial score (nSPS) is 22.2. The predicted octanol–water partition coefficient (Wildman–Crippen LogP) is 4.56. The van der Waals surface area contributed by atoms with E-state index >= 15 is 0 Å². The zero-order chi connectivity index (χ0) is 27.6. The van der Waals surface area contributed by atoms with E-state index in [0.717, 1.165) is 5.56 Å². The number of hydrogen-bond donors (Lipinski definition) is 2. The van der Waals surface area contributed by atoms with Crippen LogP contribution in [0.4, 0.5) is 0 Å². The van der Waals surface area contributed by atoms with E-state index in [0.29, 0.717) is 0 Å². The Hall–Kier alpha value is -2.32. The minimum atomic E-state index is -1.01. The van der Waals surface area contributed by atoms with Crippen molar-refractivity contribution in [2.75, 3.05) is 14.1 Å². The van der Waals surface area contributed by atoms with Gasteiger partial charge in [0, 0.05) is 17.4 Å². The first-order valence-electron chi connectivity index (χ1n) is 12.4. The van der Waals surface area contributed by atoms with E-state index in [9.17, 15) is 19.5 Å². The van der Waals surface area contributed by atoms with E-state index < -0.39 is 29.5 Å². The molecule has 0 radical (unpaired) electrons. The zero-order valence-corrected chi connectivity index (χ0v) is 24.1. The Kier molecular flexibility index (Phi) is 9.46. The van der Waals surface area contributed by atoms with Gasteiger partial charge in [-0.25, -0.2) is 4.79 Å². The Morgan fingerprint density at radius 2 is 1.72 bits per heavy atom. The molecule has 0 spiro atoms. The smallest absolute Gasteiger partial charge is 0.331 e. The van der Waals surface area contributed by atoms with Crippen LogP contribution in [0.25, 0.3) is 0 Å². The lowest BCUT2D eigenvalue weighted by atomic mass is 9.84. The SMILES string of the molecule is C/C(=C\[C@H](C(C)C)N(C)C(=O)C(NC(=O)[C@H]1N(C)[C@H](c2ccccc2)SC1(C)C)C(C)(C)C)C(=O)O. The van der Waals surface area contributed by atoms with Crippen LogP contribution in [-0.2, 0) is 14.4 Å². The van der Waals surface area contributed by atoms with Crippen molar-refractivity contribution < 1.29 is 19.5 Å². The van der Waals surface area contributed by atoms with Crippen LogP contribution in [0.15, 0.2) is 42.0 Å². The summed E-state index contributed by atoms with van der Waals surface area (Å²) < 4.78 is -0.376. The van der Waals surface area contributed by atoms with E-state index in [-0.39, 0.29) is 33.4 Å². The molecule has 2 N–H and O–H groups in total. The van der Waals surface area contributed by atoms with Gasteiger partial charge in [0.2, 0.25) is 11.8 Å². The molecule has 1 saturated heterocycles. The molecule has 1 aromatic carbocycles. The summed E-state index contributed by atoms with van der Waals surface area (Å²) in [6, 6.07) is 8.48. The van der Waals surface area contributed by atoms with E-state index in [4.69, 9.17) is 0 Å². The molecule has 1 aliphatic rings. The van der Waals surface area contributed by atoms with E-state index in [1.807, 2.05) is 59.9 Å². The molecule has 2 amide bonds. The number of carboxylic acid groups (broad SMARTS) is 1. The average molecular weight is 518 g/mol. The van der Waals surface area contributed by atoms with Gasteiger partial charge in [-0.1, -0.05) is 71.0 Å². The molecule has 36 heavy (non-hydrogen) atoms. The standard InChI is InChI=1S/C28H43N3O4S/c1-17(2)20(16-18(3)26(34)35)30(9)24(33)21(27(4,5)6)29-23(32)22-28(7,8)36-25(31(22)10)19-14-12-11-13-15-19/h11-17,20-22,25H,1-10H3,(H,29,32)(H,34,35)/b18-16+/t20-,21?,22-,25+/m1/s1. The molecule has 8 heteroatoms. The molecule has 2 rings (SSSR count). The second-order valence-electron chi connectivity index (χ2n) is 11.7. The Balaban J connectivity index is 2.34. The lowest BCUT2D eigenvalue weighted by molar-refractivity contribution is -0.141. The fraction of sp³-hybridized carbons (Fsp3) is 0.607. The topological polar surface area (TPSA) is 90.0 Å². The first-order chi connectivity index (χ1) is 16.5. The van der Waals surface area contributed by atoms with Crippen LogP contribution >= 0.6 is 11.8 Å². The molecule has 1 fully saturated rings.